The molecule has 2 saturated heterocycles. The average Bonchev–Trinajstić information content (AvgIpc) is 2.86. The van der Waals surface area contributed by atoms with Crippen molar-refractivity contribution in [1.29, 1.82) is 0 Å². The Bertz CT molecular complexity index is 1410. The van der Waals surface area contributed by atoms with Crippen molar-refractivity contribution in [2.45, 2.75) is 18.9 Å². The van der Waals surface area contributed by atoms with Crippen LogP contribution in [0, 0.1) is 23.5 Å². The van der Waals surface area contributed by atoms with Gasteiger partial charge in [-0.15, -0.1) is 0 Å². The molecule has 2 fully saturated rings. The van der Waals surface area contributed by atoms with Gasteiger partial charge in [0.1, 0.15) is 11.2 Å². The lowest BCUT2D eigenvalue weighted by molar-refractivity contribution is -0.137. The fourth-order valence-electron chi connectivity index (χ4n) is 4.53. The summed E-state index contributed by atoms with van der Waals surface area (Å²) in [5.41, 5.74) is -1.01. The van der Waals surface area contributed by atoms with Gasteiger partial charge in [-0.3, -0.25) is 14.6 Å². The second-order valence-corrected chi connectivity index (χ2v) is 8.69. The number of carbonyl (C=O) groups excluding carboxylic acids is 3. The van der Waals surface area contributed by atoms with Crippen LogP contribution < -0.4 is 9.80 Å². The van der Waals surface area contributed by atoms with Crippen molar-refractivity contribution in [2.75, 3.05) is 22.9 Å². The standard InChI is InChI=1S/C27H20F2N4O3/c1-27-16-23(34)33(26(36)32(27)13-12-31(25(27)35)20-8-5-11-30-17-20)24-21(28)14-19(15-22(24)29)10-9-18-6-3-2-4-7-18/h2-8,11,14-15,17H,12-13,16H2,1H3. The lowest BCUT2D eigenvalue weighted by atomic mass is 9.88. The predicted octanol–water partition coefficient (Wildman–Crippen LogP) is 3.72. The minimum atomic E-state index is -1.49. The number of amides is 4. The molecule has 1 aromatic heterocycles. The summed E-state index contributed by atoms with van der Waals surface area (Å²) in [6, 6.07) is 13.3. The lowest BCUT2D eigenvalue weighted by Crippen LogP contribution is -2.73. The Labute approximate surface area is 205 Å². The number of nitrogens with zero attached hydrogens (tertiary/aromatic N) is 4. The Hall–Kier alpha value is -4.58. The number of urea groups is 1. The summed E-state index contributed by atoms with van der Waals surface area (Å²) >= 11 is 0. The Kier molecular flexibility index (Phi) is 5.72. The molecule has 5 rings (SSSR count). The molecule has 7 nitrogen and oxygen atoms in total. The number of hydrogen-bond acceptors (Lipinski definition) is 4. The van der Waals surface area contributed by atoms with Crippen LogP contribution in [0.5, 0.6) is 0 Å². The molecule has 3 aromatic rings. The van der Waals surface area contributed by atoms with Gasteiger partial charge in [-0.05, 0) is 43.3 Å². The highest BCUT2D eigenvalue weighted by Crippen LogP contribution is 2.37. The molecule has 3 heterocycles. The van der Waals surface area contributed by atoms with Crippen molar-refractivity contribution in [3.63, 3.8) is 0 Å². The van der Waals surface area contributed by atoms with Crippen molar-refractivity contribution in [1.82, 2.24) is 9.88 Å². The van der Waals surface area contributed by atoms with Gasteiger partial charge >= 0.3 is 6.03 Å². The van der Waals surface area contributed by atoms with Crippen molar-refractivity contribution in [2.24, 2.45) is 0 Å². The van der Waals surface area contributed by atoms with Gasteiger partial charge in [-0.2, -0.15) is 0 Å². The molecular weight excluding hydrogens is 466 g/mol. The van der Waals surface area contributed by atoms with E-state index in [2.05, 4.69) is 16.8 Å². The summed E-state index contributed by atoms with van der Waals surface area (Å²) in [6.07, 6.45) is 2.66. The minimum absolute atomic E-state index is 0.0552. The van der Waals surface area contributed by atoms with Gasteiger partial charge in [0.05, 0.1) is 18.3 Å². The number of carbonyl (C=O) groups is 3. The summed E-state index contributed by atoms with van der Waals surface area (Å²) in [6.45, 7) is 1.70. The Balaban J connectivity index is 1.45. The normalized spacial score (nSPS) is 19.6. The number of hydrogen-bond donors (Lipinski definition) is 0. The molecule has 1 unspecified atom stereocenters. The SMILES string of the molecule is CC12CC(=O)N(c3c(F)cc(C#Cc4ccccc4)cc3F)C(=O)N1CCN(c1cccnc1)C2=O. The van der Waals surface area contributed by atoms with Gasteiger partial charge in [0, 0.05) is 30.4 Å². The quantitative estimate of drug-likeness (QED) is 0.518. The fraction of sp³-hybridized carbons (Fsp3) is 0.185. The zero-order valence-corrected chi connectivity index (χ0v) is 19.2. The molecule has 9 heteroatoms. The van der Waals surface area contributed by atoms with E-state index in [0.717, 1.165) is 12.1 Å². The van der Waals surface area contributed by atoms with Gasteiger partial charge in [0.15, 0.2) is 11.6 Å². The zero-order chi connectivity index (χ0) is 25.4. The molecule has 0 spiro atoms. The second-order valence-electron chi connectivity index (χ2n) is 8.69. The molecule has 2 aliphatic heterocycles. The largest absolute Gasteiger partial charge is 0.332 e. The number of aromatic nitrogens is 1. The van der Waals surface area contributed by atoms with Gasteiger partial charge in [-0.25, -0.2) is 18.5 Å². The molecular formula is C27H20F2N4O3. The van der Waals surface area contributed by atoms with E-state index in [1.165, 1.54) is 22.9 Å². The molecule has 2 aliphatic rings. The molecule has 0 radical (unpaired) electrons. The van der Waals surface area contributed by atoms with Gasteiger partial charge in [0.2, 0.25) is 5.91 Å². The van der Waals surface area contributed by atoms with Crippen LogP contribution in [-0.4, -0.2) is 46.4 Å². The number of halogens is 2. The molecule has 180 valence electrons. The fourth-order valence-corrected chi connectivity index (χ4v) is 4.53. The summed E-state index contributed by atoms with van der Waals surface area (Å²) < 4.78 is 30.2. The summed E-state index contributed by atoms with van der Waals surface area (Å²) in [4.78, 5) is 46.9. The summed E-state index contributed by atoms with van der Waals surface area (Å²) in [5, 5.41) is 0. The van der Waals surface area contributed by atoms with Crippen LogP contribution in [0.3, 0.4) is 0 Å². The van der Waals surface area contributed by atoms with E-state index < -0.39 is 47.1 Å². The number of anilines is 2. The predicted molar refractivity (Wildman–Crippen MR) is 128 cm³/mol. The lowest BCUT2D eigenvalue weighted by Gasteiger charge is -2.51. The number of imide groups is 1. The Morgan fingerprint density at radius 2 is 1.61 bits per heavy atom. The first-order valence-corrected chi connectivity index (χ1v) is 11.2. The van der Waals surface area contributed by atoms with Crippen LogP contribution in [0.2, 0.25) is 0 Å². The van der Waals surface area contributed by atoms with Gasteiger partial charge < -0.3 is 9.80 Å². The molecule has 0 aliphatic carbocycles. The third kappa shape index (κ3) is 3.86. The van der Waals surface area contributed by atoms with E-state index in [-0.39, 0.29) is 18.7 Å². The number of piperazine rings is 1. The van der Waals surface area contributed by atoms with Crippen molar-refractivity contribution >= 4 is 29.2 Å². The molecule has 4 amide bonds. The van der Waals surface area contributed by atoms with Crippen LogP contribution in [0.4, 0.5) is 25.0 Å². The second kappa shape index (κ2) is 8.89. The monoisotopic (exact) mass is 486 g/mol. The summed E-state index contributed by atoms with van der Waals surface area (Å²) in [5.74, 6) is 1.96. The minimum Gasteiger partial charge on any atom is -0.307 e. The van der Waals surface area contributed by atoms with E-state index in [1.807, 2.05) is 6.07 Å². The molecule has 0 saturated carbocycles. The number of rotatable bonds is 2. The van der Waals surface area contributed by atoms with Gasteiger partial charge in [0.25, 0.3) is 5.91 Å². The average molecular weight is 486 g/mol. The Morgan fingerprint density at radius 1 is 0.917 bits per heavy atom. The smallest absolute Gasteiger partial charge is 0.307 e. The molecule has 2 aromatic carbocycles. The van der Waals surface area contributed by atoms with Gasteiger partial charge in [-0.1, -0.05) is 30.0 Å². The van der Waals surface area contributed by atoms with E-state index >= 15 is 8.78 Å². The number of pyridine rings is 1. The maximum atomic E-state index is 15.1. The molecule has 1 atom stereocenters. The van der Waals surface area contributed by atoms with E-state index in [0.29, 0.717) is 16.2 Å². The molecule has 0 bridgehead atoms. The first kappa shape index (κ1) is 23.2. The Morgan fingerprint density at radius 3 is 2.28 bits per heavy atom. The highest BCUT2D eigenvalue weighted by molar-refractivity contribution is 6.20. The van der Waals surface area contributed by atoms with Crippen LogP contribution in [-0.2, 0) is 9.59 Å². The van der Waals surface area contributed by atoms with E-state index in [1.54, 1.807) is 42.6 Å². The first-order chi connectivity index (χ1) is 17.3. The van der Waals surface area contributed by atoms with Crippen molar-refractivity contribution in [3.05, 3.63) is 89.8 Å². The third-order valence-electron chi connectivity index (χ3n) is 6.34. The van der Waals surface area contributed by atoms with Crippen molar-refractivity contribution in [3.8, 4) is 11.8 Å². The van der Waals surface area contributed by atoms with Crippen LogP contribution in [0.15, 0.2) is 67.0 Å². The number of benzene rings is 2. The third-order valence-corrected chi connectivity index (χ3v) is 6.34. The first-order valence-electron chi connectivity index (χ1n) is 11.2. The van der Waals surface area contributed by atoms with E-state index in [9.17, 15) is 14.4 Å². The maximum Gasteiger partial charge on any atom is 0.332 e. The number of fused-ring (bicyclic) bond motifs is 1. The molecule has 36 heavy (non-hydrogen) atoms. The maximum absolute atomic E-state index is 15.1. The topological polar surface area (TPSA) is 73.8 Å². The van der Waals surface area contributed by atoms with E-state index in [4.69, 9.17) is 0 Å². The zero-order valence-electron chi connectivity index (χ0n) is 19.2. The molecule has 0 N–H and O–H groups in total. The van der Waals surface area contributed by atoms with Crippen LogP contribution in [0.25, 0.3) is 0 Å². The van der Waals surface area contributed by atoms with Crippen LogP contribution in [0.1, 0.15) is 24.5 Å². The van der Waals surface area contributed by atoms with Crippen molar-refractivity contribution < 1.29 is 23.2 Å². The highest BCUT2D eigenvalue weighted by Gasteiger charge is 2.56. The highest BCUT2D eigenvalue weighted by atomic mass is 19.1. The van der Waals surface area contributed by atoms with Crippen LogP contribution >= 0.6 is 0 Å². The summed E-state index contributed by atoms with van der Waals surface area (Å²) in [7, 11) is 0.